The number of hydrogen-bond donors (Lipinski definition) is 0. The van der Waals surface area contributed by atoms with Crippen LogP contribution in [0.4, 0.5) is 8.78 Å². The summed E-state index contributed by atoms with van der Waals surface area (Å²) in [6, 6.07) is 14.5. The third-order valence-electron chi connectivity index (χ3n) is 4.51. The smallest absolute Gasteiger partial charge is 0.273 e. The number of carbonyl (C=O) groups excluding carboxylic acids is 1. The van der Waals surface area contributed by atoms with Crippen LogP contribution in [0.3, 0.4) is 0 Å². The summed E-state index contributed by atoms with van der Waals surface area (Å²) in [5, 5.41) is 2.39. The highest BCUT2D eigenvalue weighted by molar-refractivity contribution is 7.13. The molecule has 5 nitrogen and oxygen atoms in total. The van der Waals surface area contributed by atoms with Gasteiger partial charge in [-0.05, 0) is 42.0 Å². The summed E-state index contributed by atoms with van der Waals surface area (Å²) in [4.78, 5) is 18.6. The Balaban J connectivity index is 1.43. The molecule has 0 aliphatic heterocycles. The van der Waals surface area contributed by atoms with Crippen molar-refractivity contribution >= 4 is 17.2 Å². The van der Waals surface area contributed by atoms with Crippen LogP contribution in [0.1, 0.15) is 21.8 Å². The van der Waals surface area contributed by atoms with Crippen molar-refractivity contribution in [3.8, 4) is 16.3 Å². The van der Waals surface area contributed by atoms with Crippen LogP contribution < -0.4 is 4.74 Å². The van der Waals surface area contributed by atoms with Crippen molar-refractivity contribution in [2.24, 2.45) is 0 Å². The van der Waals surface area contributed by atoms with E-state index in [4.69, 9.17) is 9.15 Å². The summed E-state index contributed by atoms with van der Waals surface area (Å²) in [6.07, 6.45) is 1.57. The molecule has 2 heterocycles. The van der Waals surface area contributed by atoms with Crippen molar-refractivity contribution in [2.75, 3.05) is 7.05 Å². The van der Waals surface area contributed by atoms with Gasteiger partial charge >= 0.3 is 0 Å². The van der Waals surface area contributed by atoms with E-state index in [1.165, 1.54) is 17.4 Å². The molecule has 4 aromatic rings. The summed E-state index contributed by atoms with van der Waals surface area (Å²) < 4.78 is 37.4. The molecule has 0 spiro atoms. The third kappa shape index (κ3) is 4.97. The van der Waals surface area contributed by atoms with Crippen LogP contribution in [-0.2, 0) is 13.2 Å². The standard InChI is InChI=1S/C23H18F2N2O3S/c1-27(12-18-6-3-9-29-18)23(28)21-14-31-22(26-21)16-4-2-5-17(11-16)30-13-15-7-8-19(24)20(25)10-15/h2-11,14H,12-13H2,1H3. The molecular weight excluding hydrogens is 422 g/mol. The van der Waals surface area contributed by atoms with Crippen molar-refractivity contribution in [3.63, 3.8) is 0 Å². The van der Waals surface area contributed by atoms with Gasteiger partial charge in [-0.2, -0.15) is 0 Å². The number of nitrogens with zero attached hydrogens (tertiary/aromatic N) is 2. The second kappa shape index (κ2) is 9.09. The molecule has 4 rings (SSSR count). The van der Waals surface area contributed by atoms with Crippen LogP contribution in [0.2, 0.25) is 0 Å². The van der Waals surface area contributed by atoms with Crippen LogP contribution in [-0.4, -0.2) is 22.8 Å². The Morgan fingerprint density at radius 2 is 2.00 bits per heavy atom. The highest BCUT2D eigenvalue weighted by Crippen LogP contribution is 2.28. The van der Waals surface area contributed by atoms with E-state index in [0.717, 1.165) is 17.7 Å². The first-order valence-electron chi connectivity index (χ1n) is 9.40. The fraction of sp³-hybridized carbons (Fsp3) is 0.130. The Labute approximate surface area is 181 Å². The maximum Gasteiger partial charge on any atom is 0.273 e. The van der Waals surface area contributed by atoms with Crippen molar-refractivity contribution < 1.29 is 22.7 Å². The second-order valence-electron chi connectivity index (χ2n) is 6.84. The molecule has 0 bridgehead atoms. The number of ether oxygens (including phenoxy) is 1. The van der Waals surface area contributed by atoms with Gasteiger partial charge in [-0.25, -0.2) is 13.8 Å². The zero-order chi connectivity index (χ0) is 21.8. The number of aromatic nitrogens is 1. The van der Waals surface area contributed by atoms with Gasteiger partial charge in [0.05, 0.1) is 12.8 Å². The lowest BCUT2D eigenvalue weighted by molar-refractivity contribution is 0.0770. The van der Waals surface area contributed by atoms with Gasteiger partial charge in [0.15, 0.2) is 11.6 Å². The maximum absolute atomic E-state index is 13.3. The van der Waals surface area contributed by atoms with Gasteiger partial charge in [-0.15, -0.1) is 11.3 Å². The number of rotatable bonds is 7. The van der Waals surface area contributed by atoms with E-state index in [-0.39, 0.29) is 12.5 Å². The SMILES string of the molecule is CN(Cc1ccco1)C(=O)c1csc(-c2cccc(OCc3ccc(F)c(F)c3)c2)n1. The molecule has 2 aromatic carbocycles. The van der Waals surface area contributed by atoms with Gasteiger partial charge in [-0.3, -0.25) is 4.79 Å². The number of carbonyl (C=O) groups is 1. The predicted molar refractivity (Wildman–Crippen MR) is 113 cm³/mol. The molecule has 8 heteroatoms. The molecule has 158 valence electrons. The van der Waals surface area contributed by atoms with Gasteiger partial charge in [0.25, 0.3) is 5.91 Å². The van der Waals surface area contributed by atoms with Gasteiger partial charge in [-0.1, -0.05) is 18.2 Å². The van der Waals surface area contributed by atoms with Crippen molar-refractivity contribution in [3.05, 3.63) is 94.9 Å². The van der Waals surface area contributed by atoms with E-state index in [0.29, 0.717) is 34.3 Å². The van der Waals surface area contributed by atoms with E-state index in [9.17, 15) is 13.6 Å². The molecule has 0 atom stereocenters. The Bertz CT molecular complexity index is 1190. The molecule has 0 unspecified atom stereocenters. The lowest BCUT2D eigenvalue weighted by Crippen LogP contribution is -2.26. The Kier molecular flexibility index (Phi) is 6.08. The largest absolute Gasteiger partial charge is 0.489 e. The lowest BCUT2D eigenvalue weighted by Gasteiger charge is -2.13. The molecule has 0 aliphatic carbocycles. The average molecular weight is 440 g/mol. The molecule has 0 N–H and O–H groups in total. The number of thiazole rings is 1. The molecule has 0 fully saturated rings. The van der Waals surface area contributed by atoms with E-state index >= 15 is 0 Å². The third-order valence-corrected chi connectivity index (χ3v) is 5.40. The van der Waals surface area contributed by atoms with E-state index < -0.39 is 11.6 Å². The van der Waals surface area contributed by atoms with E-state index in [2.05, 4.69) is 4.98 Å². The quantitative estimate of drug-likeness (QED) is 0.379. The minimum Gasteiger partial charge on any atom is -0.489 e. The Morgan fingerprint density at radius 3 is 2.77 bits per heavy atom. The molecule has 0 saturated carbocycles. The predicted octanol–water partition coefficient (Wildman–Crippen LogP) is 5.53. The van der Waals surface area contributed by atoms with Crippen LogP contribution in [0.5, 0.6) is 5.75 Å². The number of halogens is 2. The van der Waals surface area contributed by atoms with Crippen LogP contribution in [0.15, 0.2) is 70.7 Å². The first-order valence-corrected chi connectivity index (χ1v) is 10.3. The molecule has 1 amide bonds. The van der Waals surface area contributed by atoms with Crippen LogP contribution in [0, 0.1) is 11.6 Å². The summed E-state index contributed by atoms with van der Waals surface area (Å²) >= 11 is 1.35. The monoisotopic (exact) mass is 440 g/mol. The summed E-state index contributed by atoms with van der Waals surface area (Å²) in [6.45, 7) is 0.450. The van der Waals surface area contributed by atoms with Crippen molar-refractivity contribution in [2.45, 2.75) is 13.2 Å². The van der Waals surface area contributed by atoms with Crippen molar-refractivity contribution in [1.29, 1.82) is 0 Å². The summed E-state index contributed by atoms with van der Waals surface area (Å²) in [5.41, 5.74) is 1.66. The topological polar surface area (TPSA) is 55.6 Å². The maximum atomic E-state index is 13.3. The highest BCUT2D eigenvalue weighted by atomic mass is 32.1. The second-order valence-corrected chi connectivity index (χ2v) is 7.70. The number of hydrogen-bond acceptors (Lipinski definition) is 5. The van der Waals surface area contributed by atoms with Gasteiger partial charge in [0.2, 0.25) is 0 Å². The molecule has 0 radical (unpaired) electrons. The fourth-order valence-corrected chi connectivity index (χ4v) is 3.71. The van der Waals surface area contributed by atoms with Gasteiger partial charge in [0, 0.05) is 18.0 Å². The Morgan fingerprint density at radius 1 is 1.13 bits per heavy atom. The number of amides is 1. The zero-order valence-electron chi connectivity index (χ0n) is 16.5. The van der Waals surface area contributed by atoms with E-state index in [1.807, 2.05) is 18.2 Å². The first-order chi connectivity index (χ1) is 15.0. The average Bonchev–Trinajstić information content (AvgIpc) is 3.46. The molecular formula is C23H18F2N2O3S. The lowest BCUT2D eigenvalue weighted by atomic mass is 10.2. The van der Waals surface area contributed by atoms with Crippen molar-refractivity contribution in [1.82, 2.24) is 9.88 Å². The van der Waals surface area contributed by atoms with Gasteiger partial charge in [0.1, 0.15) is 28.8 Å². The minimum absolute atomic E-state index is 0.0971. The molecule has 0 saturated heterocycles. The normalized spacial score (nSPS) is 10.8. The summed E-state index contributed by atoms with van der Waals surface area (Å²) in [5.74, 6) is -0.761. The zero-order valence-corrected chi connectivity index (χ0v) is 17.4. The fourth-order valence-electron chi connectivity index (χ4n) is 2.92. The molecule has 31 heavy (non-hydrogen) atoms. The summed E-state index contributed by atoms with van der Waals surface area (Å²) in [7, 11) is 1.69. The number of furan rings is 1. The first kappa shape index (κ1) is 20.7. The minimum atomic E-state index is -0.910. The number of benzene rings is 2. The highest BCUT2D eigenvalue weighted by Gasteiger charge is 2.17. The van der Waals surface area contributed by atoms with Gasteiger partial charge < -0.3 is 14.1 Å². The molecule has 2 aromatic heterocycles. The Hall–Kier alpha value is -3.52. The van der Waals surface area contributed by atoms with Crippen LogP contribution >= 0.6 is 11.3 Å². The molecule has 0 aliphatic rings. The van der Waals surface area contributed by atoms with E-state index in [1.54, 1.807) is 41.8 Å². The van der Waals surface area contributed by atoms with Crippen LogP contribution in [0.25, 0.3) is 10.6 Å².